The number of carboxylic acid groups (broad SMARTS) is 1. The second-order valence-corrected chi connectivity index (χ2v) is 7.75. The molecule has 0 unspecified atom stereocenters. The average molecular weight is 373 g/mol. The second kappa shape index (κ2) is 7.99. The molecule has 1 heterocycles. The van der Waals surface area contributed by atoms with Gasteiger partial charge in [0.15, 0.2) is 0 Å². The molecule has 0 atom stereocenters. The summed E-state index contributed by atoms with van der Waals surface area (Å²) in [4.78, 5) is 24.7. The zero-order valence-electron chi connectivity index (χ0n) is 14.8. The molecule has 2 aromatic rings. The van der Waals surface area contributed by atoms with Crippen LogP contribution in [0, 0.1) is 5.41 Å². The second-order valence-electron chi connectivity index (χ2n) is 6.74. The fourth-order valence-corrected chi connectivity index (χ4v) is 4.26. The van der Waals surface area contributed by atoms with Crippen LogP contribution in [-0.2, 0) is 5.75 Å². The minimum atomic E-state index is -1.01. The summed E-state index contributed by atoms with van der Waals surface area (Å²) in [5.41, 5.74) is 1.04. The van der Waals surface area contributed by atoms with Gasteiger partial charge in [-0.3, -0.25) is 4.79 Å². The molecule has 6 heteroatoms. The summed E-state index contributed by atoms with van der Waals surface area (Å²) in [5.74, 6) is -0.328. The highest BCUT2D eigenvalue weighted by atomic mass is 32.2. The van der Waals surface area contributed by atoms with Crippen molar-refractivity contribution in [2.75, 3.05) is 6.54 Å². The van der Waals surface area contributed by atoms with Gasteiger partial charge in [-0.2, -0.15) is 0 Å². The van der Waals surface area contributed by atoms with E-state index in [2.05, 4.69) is 12.2 Å². The summed E-state index contributed by atoms with van der Waals surface area (Å²) in [5, 5.41) is 12.2. The first-order valence-corrected chi connectivity index (χ1v) is 9.83. The van der Waals surface area contributed by atoms with Crippen LogP contribution < -0.4 is 5.32 Å². The molecule has 26 heavy (non-hydrogen) atoms. The molecule has 0 bridgehead atoms. The molecule has 3 rings (SSSR count). The lowest BCUT2D eigenvalue weighted by Crippen LogP contribution is -2.41. The van der Waals surface area contributed by atoms with E-state index in [1.54, 1.807) is 6.07 Å². The van der Waals surface area contributed by atoms with Gasteiger partial charge in [0.05, 0.1) is 17.6 Å². The van der Waals surface area contributed by atoms with Crippen molar-refractivity contribution in [1.82, 2.24) is 5.32 Å². The van der Waals surface area contributed by atoms with Crippen LogP contribution >= 0.6 is 11.8 Å². The van der Waals surface area contributed by atoms with Crippen molar-refractivity contribution in [3.63, 3.8) is 0 Å². The number of carbonyl (C=O) groups excluding carboxylic acids is 1. The maximum Gasteiger partial charge on any atom is 0.339 e. The average Bonchev–Trinajstić information content (AvgIpc) is 3.08. The van der Waals surface area contributed by atoms with Crippen LogP contribution in [0.15, 0.2) is 45.9 Å². The lowest BCUT2D eigenvalue weighted by Gasteiger charge is -2.41. The monoisotopic (exact) mass is 373 g/mol. The molecule has 1 aliphatic carbocycles. The van der Waals surface area contributed by atoms with Gasteiger partial charge >= 0.3 is 5.97 Å². The quantitative estimate of drug-likeness (QED) is 0.662. The van der Waals surface area contributed by atoms with Crippen molar-refractivity contribution in [2.24, 2.45) is 5.41 Å². The number of amides is 1. The van der Waals surface area contributed by atoms with E-state index in [4.69, 9.17) is 9.52 Å². The third kappa shape index (κ3) is 3.96. The first kappa shape index (κ1) is 18.6. The number of furan rings is 1. The molecule has 1 amide bonds. The molecule has 0 spiro atoms. The number of aromatic carboxylic acids is 1. The number of carbonyl (C=O) groups is 2. The lowest BCUT2D eigenvalue weighted by molar-refractivity contribution is 0.0694. The topological polar surface area (TPSA) is 79.5 Å². The van der Waals surface area contributed by atoms with E-state index in [0.717, 1.165) is 11.3 Å². The van der Waals surface area contributed by atoms with Crippen molar-refractivity contribution in [3.8, 4) is 0 Å². The van der Waals surface area contributed by atoms with Crippen LogP contribution in [0.25, 0.3) is 0 Å². The first-order valence-electron chi connectivity index (χ1n) is 8.84. The number of hydrogen-bond donors (Lipinski definition) is 2. The Morgan fingerprint density at radius 3 is 2.65 bits per heavy atom. The predicted octanol–water partition coefficient (Wildman–Crippen LogP) is 4.58. The highest BCUT2D eigenvalue weighted by molar-refractivity contribution is 7.98. The Morgan fingerprint density at radius 1 is 1.23 bits per heavy atom. The van der Waals surface area contributed by atoms with Crippen molar-refractivity contribution < 1.29 is 19.1 Å². The Balaban J connectivity index is 1.66. The summed E-state index contributed by atoms with van der Waals surface area (Å²) in [6.07, 6.45) is 6.05. The molecule has 0 radical (unpaired) electrons. The van der Waals surface area contributed by atoms with Crippen molar-refractivity contribution in [3.05, 3.63) is 53.5 Å². The molecule has 1 saturated carbocycles. The maximum absolute atomic E-state index is 12.7. The van der Waals surface area contributed by atoms with E-state index in [9.17, 15) is 9.59 Å². The summed E-state index contributed by atoms with van der Waals surface area (Å²) < 4.78 is 5.27. The maximum atomic E-state index is 12.7. The smallest absolute Gasteiger partial charge is 0.339 e. The Hall–Kier alpha value is -2.21. The van der Waals surface area contributed by atoms with Gasteiger partial charge in [-0.1, -0.05) is 25.5 Å². The van der Waals surface area contributed by atoms with E-state index < -0.39 is 5.97 Å². The molecular weight excluding hydrogens is 350 g/mol. The Bertz CT molecular complexity index is 789. The van der Waals surface area contributed by atoms with Gasteiger partial charge < -0.3 is 14.8 Å². The van der Waals surface area contributed by atoms with E-state index in [1.807, 2.05) is 18.2 Å². The van der Waals surface area contributed by atoms with Crippen molar-refractivity contribution in [2.45, 2.75) is 43.3 Å². The third-order valence-corrected chi connectivity index (χ3v) is 6.33. The normalized spacial score (nSPS) is 15.3. The molecule has 0 saturated heterocycles. The van der Waals surface area contributed by atoms with Gasteiger partial charge in [-0.05, 0) is 42.9 Å². The molecule has 1 aromatic carbocycles. The summed E-state index contributed by atoms with van der Waals surface area (Å²) in [6.45, 7) is 2.89. The largest absolute Gasteiger partial charge is 0.478 e. The van der Waals surface area contributed by atoms with Crippen LogP contribution in [0.2, 0.25) is 0 Å². The molecule has 0 aliphatic heterocycles. The standard InChI is InChI=1S/C20H23NO4S/c1-2-20(9-5-10-20)13-21-18(22)15-6-3-4-7-17(15)26-12-16-14(19(23)24)8-11-25-16/h3-4,6-8,11H,2,5,9-10,12-13H2,1H3,(H,21,22)(H,23,24). The zero-order valence-corrected chi connectivity index (χ0v) is 15.6. The van der Waals surface area contributed by atoms with Crippen LogP contribution in [0.1, 0.15) is 59.1 Å². The number of benzene rings is 1. The summed E-state index contributed by atoms with van der Waals surface area (Å²) in [6, 6.07) is 8.84. The Morgan fingerprint density at radius 2 is 2.00 bits per heavy atom. The van der Waals surface area contributed by atoms with Crippen molar-refractivity contribution >= 4 is 23.6 Å². The molecule has 1 aliphatic rings. The Labute approximate surface area is 157 Å². The SMILES string of the molecule is CCC1(CNC(=O)c2ccccc2SCc2occc2C(=O)O)CCC1. The third-order valence-electron chi connectivity index (χ3n) is 5.25. The van der Waals surface area contributed by atoms with E-state index in [-0.39, 0.29) is 16.9 Å². The van der Waals surface area contributed by atoms with Crippen LogP contribution in [-0.4, -0.2) is 23.5 Å². The highest BCUT2D eigenvalue weighted by Crippen LogP contribution is 2.43. The van der Waals surface area contributed by atoms with Gasteiger partial charge in [0.25, 0.3) is 5.91 Å². The zero-order chi connectivity index (χ0) is 18.6. The predicted molar refractivity (Wildman–Crippen MR) is 101 cm³/mol. The van der Waals surface area contributed by atoms with Gasteiger partial charge in [-0.25, -0.2) is 4.79 Å². The van der Waals surface area contributed by atoms with Gasteiger partial charge in [0, 0.05) is 11.4 Å². The van der Waals surface area contributed by atoms with Crippen LogP contribution in [0.3, 0.4) is 0 Å². The number of thioether (sulfide) groups is 1. The minimum absolute atomic E-state index is 0.0780. The van der Waals surface area contributed by atoms with E-state index in [1.165, 1.54) is 43.4 Å². The Kier molecular flexibility index (Phi) is 5.71. The molecule has 5 nitrogen and oxygen atoms in total. The summed E-state index contributed by atoms with van der Waals surface area (Å²) in [7, 11) is 0. The van der Waals surface area contributed by atoms with Gasteiger partial charge in [0.2, 0.25) is 0 Å². The van der Waals surface area contributed by atoms with Crippen molar-refractivity contribution in [1.29, 1.82) is 0 Å². The first-order chi connectivity index (χ1) is 12.5. The number of carboxylic acids is 1. The lowest BCUT2D eigenvalue weighted by atomic mass is 9.67. The number of rotatable bonds is 8. The van der Waals surface area contributed by atoms with Gasteiger partial charge in [-0.15, -0.1) is 11.8 Å². The minimum Gasteiger partial charge on any atom is -0.478 e. The molecular formula is C20H23NO4S. The summed E-state index contributed by atoms with van der Waals surface area (Å²) >= 11 is 1.41. The molecule has 2 N–H and O–H groups in total. The fourth-order valence-electron chi connectivity index (χ4n) is 3.26. The molecule has 1 fully saturated rings. The number of nitrogens with one attached hydrogen (secondary N) is 1. The van der Waals surface area contributed by atoms with E-state index in [0.29, 0.717) is 23.6 Å². The van der Waals surface area contributed by atoms with E-state index >= 15 is 0 Å². The van der Waals surface area contributed by atoms with Crippen LogP contribution in [0.5, 0.6) is 0 Å². The molecule has 1 aromatic heterocycles. The highest BCUT2D eigenvalue weighted by Gasteiger charge is 2.35. The van der Waals surface area contributed by atoms with Crippen LogP contribution in [0.4, 0.5) is 0 Å². The number of hydrogen-bond acceptors (Lipinski definition) is 4. The fraction of sp³-hybridized carbons (Fsp3) is 0.400. The molecule has 138 valence electrons. The van der Waals surface area contributed by atoms with Gasteiger partial charge in [0.1, 0.15) is 11.3 Å².